The first-order valence-electron chi connectivity index (χ1n) is 11.4. The van der Waals surface area contributed by atoms with Gasteiger partial charge in [-0.05, 0) is 51.7 Å². The second kappa shape index (κ2) is 9.27. The lowest BCUT2D eigenvalue weighted by Crippen LogP contribution is -2.33. The van der Waals surface area contributed by atoms with Crippen LogP contribution in [0.3, 0.4) is 0 Å². The van der Waals surface area contributed by atoms with Crippen LogP contribution in [0.25, 0.3) is 0 Å². The van der Waals surface area contributed by atoms with Gasteiger partial charge in [0.25, 0.3) is 0 Å². The Kier molecular flexibility index (Phi) is 6.44. The van der Waals surface area contributed by atoms with Gasteiger partial charge in [-0.2, -0.15) is 0 Å². The van der Waals surface area contributed by atoms with Crippen LogP contribution in [-0.2, 0) is 16.0 Å². The van der Waals surface area contributed by atoms with Crippen molar-refractivity contribution in [3.8, 4) is 5.75 Å². The third kappa shape index (κ3) is 4.61. The highest BCUT2D eigenvalue weighted by Crippen LogP contribution is 2.31. The van der Waals surface area contributed by atoms with Gasteiger partial charge >= 0.3 is 0 Å². The van der Waals surface area contributed by atoms with Crippen molar-refractivity contribution in [2.75, 3.05) is 31.6 Å². The predicted octanol–water partition coefficient (Wildman–Crippen LogP) is 3.49. The van der Waals surface area contributed by atoms with E-state index in [1.165, 1.54) is 5.56 Å². The van der Waals surface area contributed by atoms with Crippen LogP contribution >= 0.6 is 0 Å². The second-order valence-electron chi connectivity index (χ2n) is 8.97. The minimum absolute atomic E-state index is 0.0906. The highest BCUT2D eigenvalue weighted by atomic mass is 16.5. The summed E-state index contributed by atoms with van der Waals surface area (Å²) in [6.07, 6.45) is 3.21. The molecule has 32 heavy (non-hydrogen) atoms. The van der Waals surface area contributed by atoms with E-state index in [9.17, 15) is 9.59 Å². The van der Waals surface area contributed by atoms with Crippen LogP contribution in [0.1, 0.15) is 59.8 Å². The van der Waals surface area contributed by atoms with Crippen LogP contribution in [0, 0.1) is 20.8 Å². The molecule has 1 saturated heterocycles. The topological polar surface area (TPSA) is 75.6 Å². The Balaban J connectivity index is 1.31. The molecule has 0 spiro atoms. The van der Waals surface area contributed by atoms with Crippen LogP contribution in [0.2, 0.25) is 0 Å². The lowest BCUT2D eigenvalue weighted by atomic mass is 10.0. The van der Waals surface area contributed by atoms with Crippen molar-refractivity contribution < 1.29 is 14.3 Å². The molecule has 1 fully saturated rings. The average molecular weight is 437 g/mol. The molecule has 7 heteroatoms. The summed E-state index contributed by atoms with van der Waals surface area (Å²) in [6, 6.07) is 6.13. The van der Waals surface area contributed by atoms with E-state index in [0.29, 0.717) is 38.8 Å². The molecule has 0 N–H and O–H groups in total. The zero-order chi connectivity index (χ0) is 22.8. The fourth-order valence-electron chi connectivity index (χ4n) is 4.60. The van der Waals surface area contributed by atoms with Gasteiger partial charge in [-0.25, -0.2) is 9.97 Å². The number of ether oxygens (including phenoxy) is 1. The quantitative estimate of drug-likeness (QED) is 0.648. The molecule has 0 unspecified atom stereocenters. The summed E-state index contributed by atoms with van der Waals surface area (Å²) in [4.78, 5) is 37.8. The summed E-state index contributed by atoms with van der Waals surface area (Å²) in [6.45, 7) is 7.97. The standard InChI is InChI=1S/C25H32N4O3/c1-16-7-9-21(17(2)14-16)32-13-5-6-23(31)29-12-11-19(15-29)24-26-18(3)20-8-10-22(30)28(4)25(20)27-24/h7,9,14,19H,5-6,8,10-13,15H2,1-4H3/t19-/m1/s1. The van der Waals surface area contributed by atoms with E-state index in [1.54, 1.807) is 11.9 Å². The molecule has 1 aromatic carbocycles. The Morgan fingerprint density at radius 1 is 1.19 bits per heavy atom. The van der Waals surface area contributed by atoms with Crippen molar-refractivity contribution in [3.05, 3.63) is 46.4 Å². The summed E-state index contributed by atoms with van der Waals surface area (Å²) in [5.41, 5.74) is 4.33. The summed E-state index contributed by atoms with van der Waals surface area (Å²) in [7, 11) is 1.78. The average Bonchev–Trinajstić information content (AvgIpc) is 3.25. The fourth-order valence-corrected chi connectivity index (χ4v) is 4.60. The molecule has 7 nitrogen and oxygen atoms in total. The number of anilines is 1. The van der Waals surface area contributed by atoms with Crippen molar-refractivity contribution in [2.45, 2.75) is 58.8 Å². The summed E-state index contributed by atoms with van der Waals surface area (Å²) in [5, 5.41) is 0. The van der Waals surface area contributed by atoms with Crippen molar-refractivity contribution >= 4 is 17.6 Å². The van der Waals surface area contributed by atoms with Gasteiger partial charge in [0, 0.05) is 50.2 Å². The molecule has 170 valence electrons. The Hall–Kier alpha value is -2.96. The number of aryl methyl sites for hydroxylation is 3. The lowest BCUT2D eigenvalue weighted by molar-refractivity contribution is -0.130. The number of hydrogen-bond acceptors (Lipinski definition) is 5. The highest BCUT2D eigenvalue weighted by molar-refractivity contribution is 5.94. The Bertz CT molecular complexity index is 1040. The Morgan fingerprint density at radius 2 is 2.00 bits per heavy atom. The predicted molar refractivity (Wildman–Crippen MR) is 123 cm³/mol. The number of fused-ring (bicyclic) bond motifs is 1. The molecule has 1 aromatic heterocycles. The van der Waals surface area contributed by atoms with Gasteiger partial charge < -0.3 is 9.64 Å². The third-order valence-electron chi connectivity index (χ3n) is 6.52. The number of likely N-dealkylation sites (tertiary alicyclic amines) is 1. The Morgan fingerprint density at radius 3 is 2.78 bits per heavy atom. The molecule has 0 bridgehead atoms. The zero-order valence-electron chi connectivity index (χ0n) is 19.5. The smallest absolute Gasteiger partial charge is 0.228 e. The number of rotatable bonds is 6. The number of hydrogen-bond donors (Lipinski definition) is 0. The lowest BCUT2D eigenvalue weighted by Gasteiger charge is -2.26. The number of benzene rings is 1. The van der Waals surface area contributed by atoms with E-state index in [2.05, 4.69) is 13.0 Å². The minimum atomic E-state index is 0.0906. The fraction of sp³-hybridized carbons (Fsp3) is 0.520. The van der Waals surface area contributed by atoms with Crippen LogP contribution in [0.15, 0.2) is 18.2 Å². The van der Waals surface area contributed by atoms with E-state index in [1.807, 2.05) is 30.9 Å². The van der Waals surface area contributed by atoms with Crippen LogP contribution in [-0.4, -0.2) is 53.4 Å². The van der Waals surface area contributed by atoms with Crippen LogP contribution in [0.4, 0.5) is 5.82 Å². The second-order valence-corrected chi connectivity index (χ2v) is 8.97. The van der Waals surface area contributed by atoms with Gasteiger partial charge in [0.05, 0.1) is 6.61 Å². The van der Waals surface area contributed by atoms with Gasteiger partial charge in [-0.15, -0.1) is 0 Å². The maximum atomic E-state index is 12.7. The Labute approximate surface area is 189 Å². The molecule has 2 aliphatic heterocycles. The molecule has 2 aliphatic rings. The van der Waals surface area contributed by atoms with E-state index >= 15 is 0 Å². The van der Waals surface area contributed by atoms with Gasteiger partial charge in [-0.3, -0.25) is 14.5 Å². The maximum Gasteiger partial charge on any atom is 0.228 e. The van der Waals surface area contributed by atoms with Gasteiger partial charge in [0.15, 0.2) is 0 Å². The summed E-state index contributed by atoms with van der Waals surface area (Å²) >= 11 is 0. The first-order chi connectivity index (χ1) is 15.3. The van der Waals surface area contributed by atoms with E-state index < -0.39 is 0 Å². The molecule has 3 heterocycles. The first kappa shape index (κ1) is 22.2. The molecular weight excluding hydrogens is 404 g/mol. The highest BCUT2D eigenvalue weighted by Gasteiger charge is 2.31. The number of carbonyl (C=O) groups excluding carboxylic acids is 2. The van der Waals surface area contributed by atoms with Crippen LogP contribution < -0.4 is 9.64 Å². The summed E-state index contributed by atoms with van der Waals surface area (Å²) < 4.78 is 5.86. The van der Waals surface area contributed by atoms with Gasteiger partial charge in [0.1, 0.15) is 17.4 Å². The molecular formula is C25H32N4O3. The van der Waals surface area contributed by atoms with E-state index in [-0.39, 0.29) is 17.7 Å². The summed E-state index contributed by atoms with van der Waals surface area (Å²) in [5.74, 6) is 2.72. The molecule has 2 aromatic rings. The molecule has 0 radical (unpaired) electrons. The molecule has 1 atom stereocenters. The van der Waals surface area contributed by atoms with Gasteiger partial charge in [0.2, 0.25) is 11.8 Å². The molecule has 4 rings (SSSR count). The number of carbonyl (C=O) groups is 2. The normalized spacial score (nSPS) is 18.1. The zero-order valence-corrected chi connectivity index (χ0v) is 19.5. The third-order valence-corrected chi connectivity index (χ3v) is 6.52. The van der Waals surface area contributed by atoms with E-state index in [0.717, 1.165) is 47.2 Å². The van der Waals surface area contributed by atoms with Gasteiger partial charge in [-0.1, -0.05) is 17.7 Å². The molecule has 0 saturated carbocycles. The minimum Gasteiger partial charge on any atom is -0.493 e. The van der Waals surface area contributed by atoms with Crippen LogP contribution in [0.5, 0.6) is 5.75 Å². The number of nitrogens with zero attached hydrogens (tertiary/aromatic N) is 4. The SMILES string of the molecule is Cc1ccc(OCCCC(=O)N2CC[C@@H](c3nc(C)c4c(n3)N(C)C(=O)CC4)C2)c(C)c1. The van der Waals surface area contributed by atoms with Crippen molar-refractivity contribution in [1.82, 2.24) is 14.9 Å². The molecule has 2 amide bonds. The molecule has 0 aliphatic carbocycles. The maximum absolute atomic E-state index is 12.7. The van der Waals surface area contributed by atoms with E-state index in [4.69, 9.17) is 14.7 Å². The number of amides is 2. The van der Waals surface area contributed by atoms with Crippen molar-refractivity contribution in [1.29, 1.82) is 0 Å². The monoisotopic (exact) mass is 436 g/mol. The van der Waals surface area contributed by atoms with Crippen molar-refractivity contribution in [2.24, 2.45) is 0 Å². The number of aromatic nitrogens is 2. The first-order valence-corrected chi connectivity index (χ1v) is 11.4. The largest absolute Gasteiger partial charge is 0.493 e. The van der Waals surface area contributed by atoms with Crippen molar-refractivity contribution in [3.63, 3.8) is 0 Å².